The molecule has 0 radical (unpaired) electrons. The largest absolute Gasteiger partial charge is 0.397 e. The van der Waals surface area contributed by atoms with Crippen molar-refractivity contribution in [3.8, 4) is 5.75 Å². The molecule has 0 fully saturated rings. The van der Waals surface area contributed by atoms with Crippen LogP contribution in [0.1, 0.15) is 17.3 Å². The second-order valence-corrected chi connectivity index (χ2v) is 6.26. The Kier molecular flexibility index (Phi) is 12.5. The third kappa shape index (κ3) is 9.03. The van der Waals surface area contributed by atoms with Crippen molar-refractivity contribution in [3.05, 3.63) is 22.7 Å². The number of amides is 1. The summed E-state index contributed by atoms with van der Waals surface area (Å²) in [6.45, 7) is 7.24. The molecule has 0 atom stereocenters. The molecule has 0 bridgehead atoms. The zero-order valence-electron chi connectivity index (χ0n) is 16.3. The minimum atomic E-state index is -0.491. The number of carbonyl (C=O) groups is 1. The minimum Gasteiger partial charge on any atom is -0.397 e. The van der Waals surface area contributed by atoms with E-state index in [1.54, 1.807) is 7.11 Å². The van der Waals surface area contributed by atoms with Crippen molar-refractivity contribution in [1.82, 2.24) is 10.2 Å². The van der Waals surface area contributed by atoms with Gasteiger partial charge < -0.3 is 25.3 Å². The van der Waals surface area contributed by atoms with Gasteiger partial charge in [0, 0.05) is 37.3 Å². The van der Waals surface area contributed by atoms with E-state index in [4.69, 9.17) is 31.5 Å². The molecule has 0 unspecified atom stereocenters. The highest BCUT2D eigenvalue weighted by atomic mass is 35.5. The summed E-state index contributed by atoms with van der Waals surface area (Å²) >= 11 is 5.89. The highest BCUT2D eigenvalue weighted by molar-refractivity contribution is 6.33. The molecule has 0 aromatic heterocycles. The molecule has 1 amide bonds. The molecule has 28 heavy (non-hydrogen) atoms. The fourth-order valence-electron chi connectivity index (χ4n) is 2.32. The Bertz CT molecular complexity index is 595. The number of halogens is 2. The molecule has 1 aromatic carbocycles. The van der Waals surface area contributed by atoms with Crippen LogP contribution in [0.3, 0.4) is 0 Å². The molecule has 0 saturated heterocycles. The number of ether oxygens (including phenoxy) is 3. The zero-order chi connectivity index (χ0) is 20.8. The topological polar surface area (TPSA) is 95.3 Å². The number of benzene rings is 1. The maximum atomic E-state index is 12.6. The lowest BCUT2D eigenvalue weighted by Crippen LogP contribution is -2.36. The maximum Gasteiger partial charge on any atom is 0.255 e. The number of likely N-dealkylation sites (N-methyl/N-ethyl adjacent to an activating group) is 1. The fraction of sp³-hybridized carbons (Fsp3) is 0.611. The molecule has 160 valence electrons. The average molecular weight is 422 g/mol. The molecule has 3 N–H and O–H groups in total. The van der Waals surface area contributed by atoms with Gasteiger partial charge in [-0.05, 0) is 12.6 Å². The van der Waals surface area contributed by atoms with Gasteiger partial charge in [0.05, 0.1) is 49.3 Å². The number of anilines is 1. The van der Waals surface area contributed by atoms with Gasteiger partial charge in [-0.15, -0.1) is 0 Å². The van der Waals surface area contributed by atoms with Crippen LogP contribution in [0.4, 0.5) is 10.2 Å². The van der Waals surface area contributed by atoms with Crippen LogP contribution >= 0.6 is 11.6 Å². The molecule has 0 aliphatic carbocycles. The summed E-state index contributed by atoms with van der Waals surface area (Å²) in [5.41, 5.74) is 5.70. The van der Waals surface area contributed by atoms with Gasteiger partial charge in [0.2, 0.25) is 0 Å². The monoisotopic (exact) mass is 421 g/mol. The summed E-state index contributed by atoms with van der Waals surface area (Å²) in [6.07, 6.45) is 0. The molecule has 0 aliphatic heterocycles. The van der Waals surface area contributed by atoms with Crippen LogP contribution in [-0.4, -0.2) is 77.1 Å². The van der Waals surface area contributed by atoms with Crippen LogP contribution < -0.4 is 16.0 Å². The van der Waals surface area contributed by atoms with Crippen LogP contribution in [0.2, 0.25) is 5.02 Å². The first kappa shape index (κ1) is 24.4. The van der Waals surface area contributed by atoms with E-state index in [0.29, 0.717) is 46.1 Å². The quantitative estimate of drug-likeness (QED) is 0.330. The fourth-order valence-corrected chi connectivity index (χ4v) is 2.48. The van der Waals surface area contributed by atoms with Crippen LogP contribution in [0.15, 0.2) is 12.1 Å². The van der Waals surface area contributed by atoms with Gasteiger partial charge in [0.15, 0.2) is 5.75 Å². The molecule has 1 aromatic rings. The van der Waals surface area contributed by atoms with Gasteiger partial charge >= 0.3 is 0 Å². The second kappa shape index (κ2) is 14.4. The molecule has 0 heterocycles. The van der Waals surface area contributed by atoms with Gasteiger partial charge in [-0.1, -0.05) is 18.5 Å². The van der Waals surface area contributed by atoms with E-state index >= 15 is 0 Å². The van der Waals surface area contributed by atoms with Crippen LogP contribution in [-0.2, 0) is 14.2 Å². The van der Waals surface area contributed by atoms with Crippen molar-refractivity contribution in [1.29, 1.82) is 0 Å². The Labute approximate surface area is 169 Å². The standard InChI is InChI=1S/C18H29ClFN3O5/c1-3-23(6-7-26-10-11-27-9-8-25-2)5-4-22-18(24)14-12-15(19)16(21)13-17(14)28-20/h12-13H,3-11,21H2,1-2H3,(H,22,24). The van der Waals surface area contributed by atoms with Crippen LogP contribution in [0.5, 0.6) is 5.75 Å². The number of nitrogens with one attached hydrogen (secondary N) is 1. The molecular formula is C18H29ClFN3O5. The van der Waals surface area contributed by atoms with Gasteiger partial charge in [0.1, 0.15) is 0 Å². The Balaban J connectivity index is 2.29. The number of rotatable bonds is 15. The molecular weight excluding hydrogens is 393 g/mol. The summed E-state index contributed by atoms with van der Waals surface area (Å²) in [5.74, 6) is -0.761. The number of methoxy groups -OCH3 is 1. The number of hydrogen-bond donors (Lipinski definition) is 2. The number of nitrogens with zero attached hydrogens (tertiary/aromatic N) is 1. The summed E-state index contributed by atoms with van der Waals surface area (Å²) in [5, 5.41) is 2.87. The smallest absolute Gasteiger partial charge is 0.255 e. The average Bonchev–Trinajstić information content (AvgIpc) is 2.70. The predicted molar refractivity (Wildman–Crippen MR) is 106 cm³/mol. The SMILES string of the molecule is CCN(CCNC(=O)c1cc(Cl)c(N)cc1OF)CCOCCOCCOC. The first-order chi connectivity index (χ1) is 13.5. The molecule has 0 spiro atoms. The lowest BCUT2D eigenvalue weighted by Gasteiger charge is -2.20. The van der Waals surface area contributed by atoms with E-state index in [9.17, 15) is 9.32 Å². The highest BCUT2D eigenvalue weighted by Gasteiger charge is 2.16. The number of nitrogens with two attached hydrogens (primary N) is 1. The highest BCUT2D eigenvalue weighted by Crippen LogP contribution is 2.29. The number of hydrogen-bond acceptors (Lipinski definition) is 7. The zero-order valence-corrected chi connectivity index (χ0v) is 17.1. The van der Waals surface area contributed by atoms with Crippen molar-refractivity contribution < 1.29 is 28.5 Å². The Morgan fingerprint density at radius 2 is 1.86 bits per heavy atom. The van der Waals surface area contributed by atoms with E-state index < -0.39 is 5.91 Å². The van der Waals surface area contributed by atoms with Gasteiger partial charge in [0.25, 0.3) is 5.91 Å². The second-order valence-electron chi connectivity index (χ2n) is 5.85. The van der Waals surface area contributed by atoms with E-state index in [1.807, 2.05) is 6.92 Å². The summed E-state index contributed by atoms with van der Waals surface area (Å²) in [6, 6.07) is 2.45. The van der Waals surface area contributed by atoms with E-state index in [2.05, 4.69) is 15.2 Å². The van der Waals surface area contributed by atoms with E-state index in [0.717, 1.165) is 13.1 Å². The summed E-state index contributed by atoms with van der Waals surface area (Å²) < 4.78 is 28.3. The van der Waals surface area contributed by atoms with Gasteiger partial charge in [-0.3, -0.25) is 14.6 Å². The Morgan fingerprint density at radius 3 is 2.50 bits per heavy atom. The van der Waals surface area contributed by atoms with Crippen LogP contribution in [0.25, 0.3) is 0 Å². The molecule has 0 aliphatic rings. The number of carbonyl (C=O) groups excluding carboxylic acids is 1. The third-order valence-corrected chi connectivity index (χ3v) is 4.27. The van der Waals surface area contributed by atoms with Crippen molar-refractivity contribution >= 4 is 23.2 Å². The maximum absolute atomic E-state index is 12.6. The van der Waals surface area contributed by atoms with Crippen molar-refractivity contribution in [2.75, 3.05) is 72.1 Å². The molecule has 0 saturated carbocycles. The minimum absolute atomic E-state index is 0.0124. The van der Waals surface area contributed by atoms with Gasteiger partial charge in [-0.25, -0.2) is 0 Å². The first-order valence-electron chi connectivity index (χ1n) is 9.06. The van der Waals surface area contributed by atoms with Crippen molar-refractivity contribution in [3.63, 3.8) is 0 Å². The Hall–Kier alpha value is -1.65. The molecule has 8 nitrogen and oxygen atoms in total. The molecule has 10 heteroatoms. The first-order valence-corrected chi connectivity index (χ1v) is 9.43. The number of nitrogen functional groups attached to an aromatic ring is 1. The summed E-state index contributed by atoms with van der Waals surface area (Å²) in [4.78, 5) is 18.1. The normalized spacial score (nSPS) is 11.0. The predicted octanol–water partition coefficient (Wildman–Crippen LogP) is 1.92. The lowest BCUT2D eigenvalue weighted by atomic mass is 10.1. The van der Waals surface area contributed by atoms with E-state index in [1.165, 1.54) is 12.1 Å². The molecule has 1 rings (SSSR count). The third-order valence-electron chi connectivity index (χ3n) is 3.94. The van der Waals surface area contributed by atoms with E-state index in [-0.39, 0.29) is 22.0 Å². The lowest BCUT2D eigenvalue weighted by molar-refractivity contribution is -0.00708. The van der Waals surface area contributed by atoms with Crippen molar-refractivity contribution in [2.24, 2.45) is 0 Å². The Morgan fingerprint density at radius 1 is 1.18 bits per heavy atom. The van der Waals surface area contributed by atoms with Crippen molar-refractivity contribution in [2.45, 2.75) is 6.92 Å². The van der Waals surface area contributed by atoms with Crippen LogP contribution in [0, 0.1) is 0 Å². The summed E-state index contributed by atoms with van der Waals surface area (Å²) in [7, 11) is 1.63. The van der Waals surface area contributed by atoms with Gasteiger partial charge in [-0.2, -0.15) is 0 Å².